The van der Waals surface area contributed by atoms with Crippen LogP contribution < -0.4 is 16.2 Å². The molecule has 3 rings (SSSR count). The van der Waals surface area contributed by atoms with E-state index < -0.39 is 5.91 Å². The predicted octanol–water partition coefficient (Wildman–Crippen LogP) is 3.28. The van der Waals surface area contributed by atoms with Crippen LogP contribution in [0.25, 0.3) is 0 Å². The number of amides is 3. The Labute approximate surface area is 158 Å². The maximum Gasteiger partial charge on any atom is 0.269 e. The van der Waals surface area contributed by atoms with Crippen LogP contribution in [0.5, 0.6) is 0 Å². The van der Waals surface area contributed by atoms with E-state index in [0.29, 0.717) is 16.8 Å². The molecule has 1 aliphatic carbocycles. The zero-order chi connectivity index (χ0) is 19.1. The van der Waals surface area contributed by atoms with Crippen LogP contribution >= 0.6 is 0 Å². The second kappa shape index (κ2) is 8.98. The molecule has 0 atom stereocenters. The Balaban J connectivity index is 1.51. The molecule has 0 bridgehead atoms. The van der Waals surface area contributed by atoms with Crippen molar-refractivity contribution >= 4 is 23.4 Å². The van der Waals surface area contributed by atoms with Crippen LogP contribution in [0.1, 0.15) is 52.8 Å². The summed E-state index contributed by atoms with van der Waals surface area (Å²) in [6.45, 7) is 0. The third-order valence-electron chi connectivity index (χ3n) is 4.72. The lowest BCUT2D eigenvalue weighted by Gasteiger charge is -2.20. The average Bonchev–Trinajstić information content (AvgIpc) is 2.73. The fraction of sp³-hybridized carbons (Fsp3) is 0.286. The van der Waals surface area contributed by atoms with E-state index in [1.165, 1.54) is 6.42 Å². The first-order chi connectivity index (χ1) is 13.1. The fourth-order valence-corrected chi connectivity index (χ4v) is 3.16. The normalized spacial score (nSPS) is 14.2. The Hall–Kier alpha value is -3.15. The summed E-state index contributed by atoms with van der Waals surface area (Å²) in [4.78, 5) is 36.3. The number of rotatable bonds is 4. The second-order valence-corrected chi connectivity index (χ2v) is 6.68. The second-order valence-electron chi connectivity index (χ2n) is 6.68. The number of hydrogen-bond acceptors (Lipinski definition) is 3. The van der Waals surface area contributed by atoms with Gasteiger partial charge >= 0.3 is 0 Å². The number of carbonyl (C=O) groups excluding carboxylic acids is 3. The molecule has 0 saturated heterocycles. The number of hydrazine groups is 1. The van der Waals surface area contributed by atoms with Crippen molar-refractivity contribution in [3.63, 3.8) is 0 Å². The van der Waals surface area contributed by atoms with Gasteiger partial charge in [0.25, 0.3) is 11.8 Å². The van der Waals surface area contributed by atoms with Crippen molar-refractivity contribution in [2.75, 3.05) is 5.32 Å². The molecule has 1 aliphatic rings. The molecule has 1 fully saturated rings. The lowest BCUT2D eigenvalue weighted by atomic mass is 9.88. The molecule has 140 valence electrons. The molecule has 2 aromatic carbocycles. The van der Waals surface area contributed by atoms with E-state index in [0.717, 1.165) is 25.7 Å². The first-order valence-electron chi connectivity index (χ1n) is 9.20. The van der Waals surface area contributed by atoms with Crippen LogP contribution in [-0.4, -0.2) is 17.7 Å². The highest BCUT2D eigenvalue weighted by Gasteiger charge is 2.21. The van der Waals surface area contributed by atoms with Crippen molar-refractivity contribution in [1.29, 1.82) is 0 Å². The molecule has 0 heterocycles. The van der Waals surface area contributed by atoms with Crippen molar-refractivity contribution in [3.8, 4) is 0 Å². The van der Waals surface area contributed by atoms with Crippen LogP contribution in [0.4, 0.5) is 5.69 Å². The summed E-state index contributed by atoms with van der Waals surface area (Å²) in [6.07, 6.45) is 5.28. The monoisotopic (exact) mass is 365 g/mol. The van der Waals surface area contributed by atoms with Crippen LogP contribution in [0.15, 0.2) is 54.6 Å². The molecule has 6 nitrogen and oxygen atoms in total. The van der Waals surface area contributed by atoms with E-state index in [4.69, 9.17) is 0 Å². The first kappa shape index (κ1) is 18.6. The van der Waals surface area contributed by atoms with Crippen LogP contribution in [0.3, 0.4) is 0 Å². The van der Waals surface area contributed by atoms with E-state index in [1.54, 1.807) is 48.5 Å². The zero-order valence-electron chi connectivity index (χ0n) is 15.0. The summed E-state index contributed by atoms with van der Waals surface area (Å²) < 4.78 is 0. The van der Waals surface area contributed by atoms with E-state index in [2.05, 4.69) is 16.2 Å². The average molecular weight is 365 g/mol. The van der Waals surface area contributed by atoms with Crippen LogP contribution in [0.2, 0.25) is 0 Å². The molecule has 0 radical (unpaired) electrons. The van der Waals surface area contributed by atoms with Gasteiger partial charge in [0.2, 0.25) is 5.91 Å². The molecule has 6 heteroatoms. The Morgan fingerprint density at radius 3 is 1.85 bits per heavy atom. The smallest absolute Gasteiger partial charge is 0.269 e. The minimum absolute atomic E-state index is 0.0435. The lowest BCUT2D eigenvalue weighted by molar-refractivity contribution is -0.120. The molecular weight excluding hydrogens is 342 g/mol. The molecule has 1 saturated carbocycles. The van der Waals surface area contributed by atoms with Gasteiger partial charge in [-0.15, -0.1) is 0 Å². The maximum absolute atomic E-state index is 12.3. The summed E-state index contributed by atoms with van der Waals surface area (Å²) in [7, 11) is 0. The number of benzene rings is 2. The topological polar surface area (TPSA) is 87.3 Å². The van der Waals surface area contributed by atoms with Crippen LogP contribution in [0, 0.1) is 5.92 Å². The van der Waals surface area contributed by atoms with E-state index in [1.807, 2.05) is 6.07 Å². The minimum atomic E-state index is -0.426. The summed E-state index contributed by atoms with van der Waals surface area (Å²) in [5.41, 5.74) is 6.27. The molecule has 0 spiro atoms. The standard InChI is InChI=1S/C21H23N3O3/c25-19(15-7-3-1-4-8-15)22-18-13-11-17(12-14-18)21(27)24-23-20(26)16-9-5-2-6-10-16/h2,5-6,9-15H,1,3-4,7-8H2,(H,22,25)(H,23,26)(H,24,27). The van der Waals surface area contributed by atoms with Gasteiger partial charge in [-0.2, -0.15) is 0 Å². The van der Waals surface area contributed by atoms with Gasteiger partial charge in [0.05, 0.1) is 0 Å². The van der Waals surface area contributed by atoms with Gasteiger partial charge in [0.15, 0.2) is 0 Å². The highest BCUT2D eigenvalue weighted by Crippen LogP contribution is 2.25. The summed E-state index contributed by atoms with van der Waals surface area (Å²) in [6, 6.07) is 15.2. The van der Waals surface area contributed by atoms with Crippen molar-refractivity contribution in [1.82, 2.24) is 10.9 Å². The zero-order valence-corrected chi connectivity index (χ0v) is 15.0. The van der Waals surface area contributed by atoms with Crippen molar-refractivity contribution < 1.29 is 14.4 Å². The number of carbonyl (C=O) groups is 3. The molecule has 27 heavy (non-hydrogen) atoms. The van der Waals surface area contributed by atoms with Gasteiger partial charge in [-0.25, -0.2) is 0 Å². The van der Waals surface area contributed by atoms with E-state index in [-0.39, 0.29) is 17.7 Å². The third kappa shape index (κ3) is 5.17. The van der Waals surface area contributed by atoms with Gasteiger partial charge in [-0.3, -0.25) is 25.2 Å². The van der Waals surface area contributed by atoms with E-state index >= 15 is 0 Å². The third-order valence-corrected chi connectivity index (χ3v) is 4.72. The highest BCUT2D eigenvalue weighted by molar-refractivity contribution is 5.99. The molecule has 0 unspecified atom stereocenters. The van der Waals surface area contributed by atoms with Crippen molar-refractivity contribution in [3.05, 3.63) is 65.7 Å². The Bertz CT molecular complexity index is 797. The Morgan fingerprint density at radius 2 is 1.26 bits per heavy atom. The molecular formula is C21H23N3O3. The lowest BCUT2D eigenvalue weighted by Crippen LogP contribution is -2.41. The number of nitrogens with one attached hydrogen (secondary N) is 3. The number of hydrogen-bond donors (Lipinski definition) is 3. The van der Waals surface area contributed by atoms with Gasteiger partial charge in [0, 0.05) is 22.7 Å². The fourth-order valence-electron chi connectivity index (χ4n) is 3.16. The molecule has 3 N–H and O–H groups in total. The minimum Gasteiger partial charge on any atom is -0.326 e. The van der Waals surface area contributed by atoms with E-state index in [9.17, 15) is 14.4 Å². The number of anilines is 1. The van der Waals surface area contributed by atoms with Gasteiger partial charge in [-0.1, -0.05) is 37.5 Å². The molecule has 2 aromatic rings. The summed E-state index contributed by atoms with van der Waals surface area (Å²) in [5.74, 6) is -0.693. The molecule has 0 aromatic heterocycles. The van der Waals surface area contributed by atoms with Crippen LogP contribution in [-0.2, 0) is 4.79 Å². The molecule has 0 aliphatic heterocycles. The SMILES string of the molecule is O=C(NNC(=O)c1ccc(NC(=O)C2CCCCC2)cc1)c1ccccc1. The largest absolute Gasteiger partial charge is 0.326 e. The first-order valence-corrected chi connectivity index (χ1v) is 9.20. The quantitative estimate of drug-likeness (QED) is 0.727. The highest BCUT2D eigenvalue weighted by atomic mass is 16.2. The summed E-state index contributed by atoms with van der Waals surface area (Å²) in [5, 5.41) is 2.91. The van der Waals surface area contributed by atoms with Gasteiger partial charge < -0.3 is 5.32 Å². The summed E-state index contributed by atoms with van der Waals surface area (Å²) >= 11 is 0. The molecule has 3 amide bonds. The van der Waals surface area contributed by atoms with Crippen molar-refractivity contribution in [2.24, 2.45) is 5.92 Å². The van der Waals surface area contributed by atoms with Crippen molar-refractivity contribution in [2.45, 2.75) is 32.1 Å². The van der Waals surface area contributed by atoms with Gasteiger partial charge in [-0.05, 0) is 49.2 Å². The predicted molar refractivity (Wildman–Crippen MR) is 103 cm³/mol. The maximum atomic E-state index is 12.3. The van der Waals surface area contributed by atoms with Gasteiger partial charge in [0.1, 0.15) is 0 Å². The Kier molecular flexibility index (Phi) is 6.20. The Morgan fingerprint density at radius 1 is 0.704 bits per heavy atom.